The molecule has 7 heteroatoms. The van der Waals surface area contributed by atoms with Crippen molar-refractivity contribution in [1.29, 1.82) is 0 Å². The van der Waals surface area contributed by atoms with E-state index in [4.69, 9.17) is 11.6 Å². The van der Waals surface area contributed by atoms with Crippen LogP contribution >= 0.6 is 39.3 Å². The van der Waals surface area contributed by atoms with E-state index in [-0.39, 0.29) is 5.69 Å². The Morgan fingerprint density at radius 2 is 1.95 bits per heavy atom. The molecule has 0 spiro atoms. The van der Waals surface area contributed by atoms with E-state index in [1.54, 1.807) is 6.07 Å². The van der Waals surface area contributed by atoms with Crippen LogP contribution in [-0.2, 0) is 0 Å². The van der Waals surface area contributed by atoms with E-state index in [9.17, 15) is 10.1 Å². The molecule has 1 N–H and O–H groups in total. The van der Waals surface area contributed by atoms with Crippen LogP contribution in [0, 0.1) is 17.0 Å². The summed E-state index contributed by atoms with van der Waals surface area (Å²) >= 11 is 10.9. The molecule has 20 heavy (non-hydrogen) atoms. The van der Waals surface area contributed by atoms with Gasteiger partial charge in [0.25, 0.3) is 5.69 Å². The van der Waals surface area contributed by atoms with Crippen molar-refractivity contribution in [3.63, 3.8) is 0 Å². The van der Waals surface area contributed by atoms with E-state index in [0.29, 0.717) is 10.7 Å². The molecular formula is C13H8BrClN2O2S. The molecule has 4 nitrogen and oxygen atoms in total. The number of nitrogens with zero attached hydrogens (tertiary/aromatic N) is 1. The first-order valence-corrected chi connectivity index (χ1v) is 7.67. The van der Waals surface area contributed by atoms with Gasteiger partial charge in [0.2, 0.25) is 0 Å². The van der Waals surface area contributed by atoms with Crippen molar-refractivity contribution in [2.75, 3.05) is 5.32 Å². The van der Waals surface area contributed by atoms with Crippen LogP contribution in [0.15, 0.2) is 38.5 Å². The van der Waals surface area contributed by atoms with E-state index in [1.165, 1.54) is 17.8 Å². The van der Waals surface area contributed by atoms with Gasteiger partial charge in [0.15, 0.2) is 0 Å². The molecule has 3 rings (SSSR count). The molecule has 1 aliphatic heterocycles. The number of hydrogen-bond acceptors (Lipinski definition) is 4. The van der Waals surface area contributed by atoms with Crippen LogP contribution < -0.4 is 5.32 Å². The number of benzene rings is 2. The number of fused-ring (bicyclic) bond motifs is 2. The number of halogens is 2. The first-order chi connectivity index (χ1) is 9.45. The molecule has 1 heterocycles. The Hall–Kier alpha value is -1.24. The van der Waals surface area contributed by atoms with Gasteiger partial charge < -0.3 is 5.32 Å². The molecule has 0 aromatic heterocycles. The van der Waals surface area contributed by atoms with E-state index in [1.807, 2.05) is 19.1 Å². The average Bonchev–Trinajstić information content (AvgIpc) is 2.35. The van der Waals surface area contributed by atoms with Gasteiger partial charge in [-0.05, 0) is 30.7 Å². The number of aryl methyl sites for hydroxylation is 1. The Balaban J connectivity index is 2.20. The van der Waals surface area contributed by atoms with Gasteiger partial charge in [0, 0.05) is 25.4 Å². The molecule has 102 valence electrons. The SMILES string of the molecule is Cc1cc(Br)cc2c1Nc1c(cc(Cl)cc1[N+](=O)[O-])S2. The molecule has 0 fully saturated rings. The summed E-state index contributed by atoms with van der Waals surface area (Å²) in [5, 5.41) is 14.7. The Labute approximate surface area is 132 Å². The zero-order valence-electron chi connectivity index (χ0n) is 10.2. The number of nitro groups is 1. The summed E-state index contributed by atoms with van der Waals surface area (Å²) in [7, 11) is 0. The summed E-state index contributed by atoms with van der Waals surface area (Å²) < 4.78 is 0.975. The van der Waals surface area contributed by atoms with Crippen LogP contribution in [-0.4, -0.2) is 4.92 Å². The second-order valence-corrected chi connectivity index (χ2v) is 6.81. The van der Waals surface area contributed by atoms with Crippen molar-refractivity contribution in [1.82, 2.24) is 0 Å². The molecule has 0 radical (unpaired) electrons. The summed E-state index contributed by atoms with van der Waals surface area (Å²) in [6.07, 6.45) is 0. The van der Waals surface area contributed by atoms with Gasteiger partial charge in [-0.25, -0.2) is 0 Å². The number of rotatable bonds is 1. The van der Waals surface area contributed by atoms with Gasteiger partial charge in [-0.15, -0.1) is 0 Å². The van der Waals surface area contributed by atoms with Crippen LogP contribution in [0.4, 0.5) is 17.1 Å². The van der Waals surface area contributed by atoms with E-state index < -0.39 is 4.92 Å². The fraction of sp³-hybridized carbons (Fsp3) is 0.0769. The highest BCUT2D eigenvalue weighted by Crippen LogP contribution is 2.50. The lowest BCUT2D eigenvalue weighted by molar-refractivity contribution is -0.384. The van der Waals surface area contributed by atoms with Crippen LogP contribution in [0.25, 0.3) is 0 Å². The highest BCUT2D eigenvalue weighted by Gasteiger charge is 2.26. The van der Waals surface area contributed by atoms with Crippen molar-refractivity contribution in [2.24, 2.45) is 0 Å². The molecule has 2 aromatic carbocycles. The van der Waals surface area contributed by atoms with Gasteiger partial charge in [0.05, 0.1) is 10.6 Å². The molecule has 0 unspecified atom stereocenters. The Bertz CT molecular complexity index is 752. The zero-order valence-corrected chi connectivity index (χ0v) is 13.4. The molecule has 0 amide bonds. The minimum Gasteiger partial charge on any atom is -0.348 e. The van der Waals surface area contributed by atoms with Crippen LogP contribution in [0.2, 0.25) is 5.02 Å². The summed E-state index contributed by atoms with van der Waals surface area (Å²) in [4.78, 5) is 12.5. The third-order valence-electron chi connectivity index (χ3n) is 2.98. The minimum atomic E-state index is -0.419. The van der Waals surface area contributed by atoms with Crippen molar-refractivity contribution in [3.05, 3.63) is 49.4 Å². The lowest BCUT2D eigenvalue weighted by atomic mass is 10.1. The highest BCUT2D eigenvalue weighted by molar-refractivity contribution is 9.10. The van der Waals surface area contributed by atoms with Crippen LogP contribution in [0.3, 0.4) is 0 Å². The lowest BCUT2D eigenvalue weighted by Crippen LogP contribution is -2.05. The maximum Gasteiger partial charge on any atom is 0.295 e. The standard InChI is InChI=1S/C13H8BrClN2O2S/c1-6-2-7(14)3-10-12(6)16-13-9(17(18)19)4-8(15)5-11(13)20-10/h2-5,16H,1H3. The molecule has 1 aliphatic rings. The average molecular weight is 372 g/mol. The van der Waals surface area contributed by atoms with Crippen LogP contribution in [0.5, 0.6) is 0 Å². The maximum atomic E-state index is 11.2. The van der Waals surface area contributed by atoms with Gasteiger partial charge in [-0.3, -0.25) is 10.1 Å². The van der Waals surface area contributed by atoms with Crippen molar-refractivity contribution < 1.29 is 4.92 Å². The number of nitrogens with one attached hydrogen (secondary N) is 1. The fourth-order valence-corrected chi connectivity index (χ4v) is 4.30. The van der Waals surface area contributed by atoms with Gasteiger partial charge in [-0.1, -0.05) is 39.3 Å². The number of hydrogen-bond donors (Lipinski definition) is 1. The normalized spacial score (nSPS) is 12.3. The monoisotopic (exact) mass is 370 g/mol. The second kappa shape index (κ2) is 4.95. The second-order valence-electron chi connectivity index (χ2n) is 4.38. The summed E-state index contributed by atoms with van der Waals surface area (Å²) in [5.74, 6) is 0. The van der Waals surface area contributed by atoms with Gasteiger partial charge >= 0.3 is 0 Å². The summed E-state index contributed by atoms with van der Waals surface area (Å²) in [6.45, 7) is 1.96. The van der Waals surface area contributed by atoms with Crippen molar-refractivity contribution in [3.8, 4) is 0 Å². The minimum absolute atomic E-state index is 0.00651. The van der Waals surface area contributed by atoms with Gasteiger partial charge in [-0.2, -0.15) is 0 Å². The summed E-state index contributed by atoms with van der Waals surface area (Å²) in [5.41, 5.74) is 2.42. The fourth-order valence-electron chi connectivity index (χ4n) is 2.11. The van der Waals surface area contributed by atoms with Crippen LogP contribution in [0.1, 0.15) is 5.56 Å². The first kappa shape index (κ1) is 13.7. The molecule has 0 aliphatic carbocycles. The maximum absolute atomic E-state index is 11.2. The zero-order chi connectivity index (χ0) is 14.4. The predicted octanol–water partition coefficient (Wildman–Crippen LogP) is 5.53. The summed E-state index contributed by atoms with van der Waals surface area (Å²) in [6, 6.07) is 7.06. The Morgan fingerprint density at radius 3 is 2.65 bits per heavy atom. The molecule has 0 bridgehead atoms. The predicted molar refractivity (Wildman–Crippen MR) is 84.4 cm³/mol. The van der Waals surface area contributed by atoms with Gasteiger partial charge in [0.1, 0.15) is 5.69 Å². The highest BCUT2D eigenvalue weighted by atomic mass is 79.9. The Morgan fingerprint density at radius 1 is 1.25 bits per heavy atom. The molecular weight excluding hydrogens is 364 g/mol. The molecule has 0 saturated carbocycles. The molecule has 0 atom stereocenters. The smallest absolute Gasteiger partial charge is 0.295 e. The molecule has 0 saturated heterocycles. The van der Waals surface area contributed by atoms with E-state index in [0.717, 1.165) is 25.5 Å². The molecule has 2 aromatic rings. The largest absolute Gasteiger partial charge is 0.348 e. The van der Waals surface area contributed by atoms with Crippen molar-refractivity contribution >= 4 is 56.4 Å². The third-order valence-corrected chi connectivity index (χ3v) is 4.74. The lowest BCUT2D eigenvalue weighted by Gasteiger charge is -2.22. The number of anilines is 2. The number of nitro benzene ring substituents is 1. The van der Waals surface area contributed by atoms with Crippen molar-refractivity contribution in [2.45, 2.75) is 16.7 Å². The quantitative estimate of drug-likeness (QED) is 0.451. The van der Waals surface area contributed by atoms with E-state index >= 15 is 0 Å². The first-order valence-electron chi connectivity index (χ1n) is 5.68. The third kappa shape index (κ3) is 2.28. The Kier molecular flexibility index (Phi) is 3.40. The topological polar surface area (TPSA) is 55.2 Å². The van der Waals surface area contributed by atoms with E-state index in [2.05, 4.69) is 21.2 Å².